The highest BCUT2D eigenvalue weighted by molar-refractivity contribution is 8.85. The fourth-order valence-electron chi connectivity index (χ4n) is 2.99. The van der Waals surface area contributed by atoms with Crippen molar-refractivity contribution in [3.8, 4) is 11.5 Å². The van der Waals surface area contributed by atoms with Gasteiger partial charge in [0, 0.05) is 10.3 Å². The number of halogens is 1. The van der Waals surface area contributed by atoms with Crippen LogP contribution in [-0.4, -0.2) is 17.1 Å². The summed E-state index contributed by atoms with van der Waals surface area (Å²) in [5.41, 5.74) is 1.53. The van der Waals surface area contributed by atoms with Crippen LogP contribution in [0.1, 0.15) is 11.1 Å². The van der Waals surface area contributed by atoms with Gasteiger partial charge in [0.05, 0.1) is 22.2 Å². The van der Waals surface area contributed by atoms with Gasteiger partial charge in [0.15, 0.2) is 9.80 Å². The van der Waals surface area contributed by atoms with E-state index in [0.717, 1.165) is 26.6 Å². The highest BCUT2D eigenvalue weighted by Crippen LogP contribution is 2.52. The maximum absolute atomic E-state index is 11.3. The second-order valence-corrected chi connectivity index (χ2v) is 10.2. The van der Waals surface area contributed by atoms with Gasteiger partial charge in [-0.1, -0.05) is 36.4 Å². The van der Waals surface area contributed by atoms with Crippen molar-refractivity contribution >= 4 is 41.1 Å². The fraction of sp³-hybridized carbons (Fsp3) is 0.0500. The highest BCUT2D eigenvalue weighted by atomic mass is 35.7. The third-order valence-corrected chi connectivity index (χ3v) is 8.73. The molecule has 29 heavy (non-hydrogen) atoms. The Labute approximate surface area is 175 Å². The van der Waals surface area contributed by atoms with Crippen LogP contribution in [0.5, 0.6) is 11.5 Å². The van der Waals surface area contributed by atoms with Crippen molar-refractivity contribution < 1.29 is 37.8 Å². The predicted molar refractivity (Wildman–Crippen MR) is 107 cm³/mol. The minimum Gasteiger partial charge on any atom is -0.507 e. The van der Waals surface area contributed by atoms with Gasteiger partial charge in [0.25, 0.3) is 0 Å². The quantitative estimate of drug-likeness (QED) is 0.467. The number of phenolic OH excluding ortho intramolecular Hbond substituents is 1. The van der Waals surface area contributed by atoms with Gasteiger partial charge >= 0.3 is 0 Å². The molecule has 1 unspecified atom stereocenters. The number of methoxy groups -OCH3 is 1. The van der Waals surface area contributed by atoms with Crippen molar-refractivity contribution in [1.29, 1.82) is 0 Å². The number of ether oxygens (including phenoxy) is 1. The van der Waals surface area contributed by atoms with Crippen LogP contribution in [0.3, 0.4) is 0 Å². The molecule has 0 radical (unpaired) electrons. The van der Waals surface area contributed by atoms with Crippen LogP contribution in [0.2, 0.25) is 0 Å². The number of benzene rings is 3. The Bertz CT molecular complexity index is 1140. The summed E-state index contributed by atoms with van der Waals surface area (Å²) in [7, 11) is -3.25. The number of fused-ring (bicyclic) bond motifs is 1. The number of hydrogen-bond donors (Lipinski definition) is 1. The monoisotopic (exact) mass is 450 g/mol. The Hall–Kier alpha value is -2.04. The molecular formula is C20H15ClO6S2. The van der Waals surface area contributed by atoms with Crippen LogP contribution in [0.25, 0.3) is 15.7 Å². The Kier molecular flexibility index (Phi) is 5.58. The van der Waals surface area contributed by atoms with Crippen molar-refractivity contribution in [1.82, 2.24) is 0 Å². The normalized spacial score (nSPS) is 16.9. The van der Waals surface area contributed by atoms with E-state index >= 15 is 0 Å². The molecular weight excluding hydrogens is 436 g/mol. The maximum atomic E-state index is 11.3. The minimum atomic E-state index is -4.61. The van der Waals surface area contributed by atoms with Gasteiger partial charge in [-0.25, -0.2) is 0 Å². The van der Waals surface area contributed by atoms with Crippen molar-refractivity contribution in [3.05, 3.63) is 77.9 Å². The topological polar surface area (TPSA) is 108 Å². The van der Waals surface area contributed by atoms with Gasteiger partial charge in [-0.05, 0) is 57.6 Å². The van der Waals surface area contributed by atoms with Gasteiger partial charge < -0.3 is 9.84 Å². The minimum absolute atomic E-state index is 0.116. The molecule has 1 aliphatic heterocycles. The summed E-state index contributed by atoms with van der Waals surface area (Å²) in [5.74, 6) is 0.812. The van der Waals surface area contributed by atoms with E-state index in [9.17, 15) is 19.1 Å². The summed E-state index contributed by atoms with van der Waals surface area (Å²) >= 11 is 0. The lowest BCUT2D eigenvalue weighted by atomic mass is 10.0. The van der Waals surface area contributed by atoms with Crippen LogP contribution in [-0.2, 0) is 3.74 Å². The van der Waals surface area contributed by atoms with E-state index < -0.39 is 20.0 Å². The molecule has 0 aromatic heterocycles. The van der Waals surface area contributed by atoms with Gasteiger partial charge in [0.2, 0.25) is 0 Å². The average Bonchev–Trinajstić information content (AvgIpc) is 3.10. The Morgan fingerprint density at radius 1 is 0.931 bits per heavy atom. The zero-order valence-corrected chi connectivity index (χ0v) is 17.4. The molecule has 0 saturated carbocycles. The number of rotatable bonds is 5. The first-order chi connectivity index (χ1) is 13.9. The Balaban J connectivity index is 1.84. The van der Waals surface area contributed by atoms with Crippen molar-refractivity contribution in [2.24, 2.45) is 0 Å². The van der Waals surface area contributed by atoms with E-state index in [0.29, 0.717) is 21.6 Å². The van der Waals surface area contributed by atoms with Crippen LogP contribution in [0.15, 0.2) is 66.7 Å². The maximum Gasteiger partial charge on any atom is 0.180 e. The molecule has 0 spiro atoms. The first-order valence-corrected chi connectivity index (χ1v) is 12.0. The second kappa shape index (κ2) is 8.00. The molecule has 4 rings (SSSR count). The highest BCUT2D eigenvalue weighted by Gasteiger charge is 2.32. The average molecular weight is 451 g/mol. The SMILES string of the molecule is COc1ccc(C2=CC(c3ccc(O)c4ccccc34)=S(O[Cl+3]([O-])([O-])[O-])S2)cc1. The fourth-order valence-corrected chi connectivity index (χ4v) is 7.62. The lowest BCUT2D eigenvalue weighted by molar-refractivity contribution is -1.91. The Morgan fingerprint density at radius 3 is 2.28 bits per heavy atom. The molecule has 1 atom stereocenters. The van der Waals surface area contributed by atoms with Gasteiger partial charge in [0.1, 0.15) is 15.2 Å². The van der Waals surface area contributed by atoms with Gasteiger partial charge in [-0.3, -0.25) is 0 Å². The summed E-state index contributed by atoms with van der Waals surface area (Å²) in [6.45, 7) is 0. The molecule has 1 N–H and O–H groups in total. The zero-order valence-electron chi connectivity index (χ0n) is 15.0. The lowest BCUT2D eigenvalue weighted by Crippen LogP contribution is -2.60. The van der Waals surface area contributed by atoms with E-state index in [-0.39, 0.29) is 5.75 Å². The molecule has 1 heterocycles. The van der Waals surface area contributed by atoms with E-state index in [1.807, 2.05) is 30.3 Å². The smallest absolute Gasteiger partial charge is 0.180 e. The summed E-state index contributed by atoms with van der Waals surface area (Å²) in [5, 5.41) is 11.5. The predicted octanol–water partition coefficient (Wildman–Crippen LogP) is 1.88. The molecule has 0 amide bonds. The largest absolute Gasteiger partial charge is 0.507 e. The molecule has 0 saturated heterocycles. The van der Waals surface area contributed by atoms with Gasteiger partial charge in [-0.15, -0.1) is 0 Å². The molecule has 1 aliphatic rings. The molecule has 0 bridgehead atoms. The summed E-state index contributed by atoms with van der Waals surface area (Å²) in [4.78, 5) is 1.32. The lowest BCUT2D eigenvalue weighted by Gasteiger charge is -2.14. The molecule has 0 fully saturated rings. The molecule has 9 heteroatoms. The van der Waals surface area contributed by atoms with Crippen molar-refractivity contribution in [2.75, 3.05) is 7.11 Å². The van der Waals surface area contributed by atoms with Crippen molar-refractivity contribution in [3.63, 3.8) is 0 Å². The van der Waals surface area contributed by atoms with Crippen molar-refractivity contribution in [2.45, 2.75) is 0 Å². The second-order valence-electron chi connectivity index (χ2n) is 6.04. The zero-order chi connectivity index (χ0) is 20.6. The summed E-state index contributed by atoms with van der Waals surface area (Å²) in [6, 6.07) is 17.7. The van der Waals surface area contributed by atoms with Crippen LogP contribution < -0.4 is 18.7 Å². The number of phenols is 1. The third-order valence-electron chi connectivity index (χ3n) is 4.28. The molecule has 150 valence electrons. The first kappa shape index (κ1) is 20.2. The molecule has 6 nitrogen and oxygen atoms in total. The molecule has 3 aromatic carbocycles. The first-order valence-electron chi connectivity index (χ1n) is 8.33. The Morgan fingerprint density at radius 2 is 1.62 bits per heavy atom. The molecule has 3 aromatic rings. The summed E-state index contributed by atoms with van der Waals surface area (Å²) in [6.07, 6.45) is 1.81. The van der Waals surface area contributed by atoms with Crippen LogP contribution in [0, 0.1) is 10.2 Å². The number of aromatic hydroxyl groups is 1. The van der Waals surface area contributed by atoms with Crippen LogP contribution >= 0.6 is 20.6 Å². The van der Waals surface area contributed by atoms with E-state index in [1.165, 1.54) is 0 Å². The van der Waals surface area contributed by atoms with E-state index in [2.05, 4.69) is 0 Å². The third kappa shape index (κ3) is 4.29. The summed E-state index contributed by atoms with van der Waals surface area (Å²) < 4.78 is 43.9. The van der Waals surface area contributed by atoms with E-state index in [4.69, 9.17) is 8.47 Å². The standard InChI is InChI=1S/C20H15ClO6S2/c1-26-14-8-6-13(7-9-14)19-12-20(29(28-19)27-21(23,24)25)17-10-11-18(22)16-5-3-2-4-15(16)17/h2-12,22H,1H3. The van der Waals surface area contributed by atoms with Crippen LogP contribution in [0.4, 0.5) is 0 Å². The molecule has 0 aliphatic carbocycles. The van der Waals surface area contributed by atoms with Gasteiger partial charge in [-0.2, -0.15) is 14.0 Å². The van der Waals surface area contributed by atoms with E-state index in [1.54, 1.807) is 43.5 Å². The number of allylic oxidation sites excluding steroid dienone is 1. The number of hydrogen-bond acceptors (Lipinski definition) is 7.